The highest BCUT2D eigenvalue weighted by Crippen LogP contribution is 2.33. The molecule has 0 aromatic carbocycles. The van der Waals surface area contributed by atoms with Crippen LogP contribution in [0.15, 0.2) is 18.3 Å². The molecule has 17 heavy (non-hydrogen) atoms. The molecule has 3 heteroatoms. The number of anilines is 1. The van der Waals surface area contributed by atoms with Crippen molar-refractivity contribution < 1.29 is 5.11 Å². The summed E-state index contributed by atoms with van der Waals surface area (Å²) in [7, 11) is 0. The molecule has 94 valence electrons. The second-order valence-corrected chi connectivity index (χ2v) is 5.78. The van der Waals surface area contributed by atoms with Crippen molar-refractivity contribution in [3.63, 3.8) is 0 Å². The van der Waals surface area contributed by atoms with E-state index in [-0.39, 0.29) is 0 Å². The summed E-state index contributed by atoms with van der Waals surface area (Å²) in [6, 6.07) is 3.86. The second kappa shape index (κ2) is 4.65. The zero-order valence-electron chi connectivity index (χ0n) is 11.0. The summed E-state index contributed by atoms with van der Waals surface area (Å²) in [5.74, 6) is 0.954. The molecule has 0 unspecified atom stereocenters. The van der Waals surface area contributed by atoms with Gasteiger partial charge in [-0.15, -0.1) is 0 Å². The van der Waals surface area contributed by atoms with Gasteiger partial charge in [-0.25, -0.2) is 4.98 Å². The minimum absolute atomic E-state index is 0.339. The van der Waals surface area contributed by atoms with E-state index in [2.05, 4.69) is 23.7 Å². The highest BCUT2D eigenvalue weighted by Gasteiger charge is 2.28. The van der Waals surface area contributed by atoms with Gasteiger partial charge in [-0.05, 0) is 31.2 Å². The molecule has 1 saturated heterocycles. The molecule has 2 rings (SSSR count). The fraction of sp³-hybridized carbons (Fsp3) is 0.643. The molecular formula is C14H22N2O. The largest absolute Gasteiger partial charge is 0.389 e. The van der Waals surface area contributed by atoms with E-state index in [1.165, 1.54) is 12.8 Å². The molecule has 3 nitrogen and oxygen atoms in total. The van der Waals surface area contributed by atoms with E-state index in [4.69, 9.17) is 0 Å². The molecule has 0 saturated carbocycles. The van der Waals surface area contributed by atoms with Gasteiger partial charge in [0.05, 0.1) is 6.10 Å². The molecule has 1 aliphatic rings. The molecule has 1 aromatic rings. The minimum atomic E-state index is -0.455. The van der Waals surface area contributed by atoms with Crippen molar-refractivity contribution in [2.45, 2.75) is 39.7 Å². The Morgan fingerprint density at radius 3 is 2.88 bits per heavy atom. The predicted molar refractivity (Wildman–Crippen MR) is 70.1 cm³/mol. The zero-order chi connectivity index (χ0) is 12.5. The Morgan fingerprint density at radius 2 is 2.24 bits per heavy atom. The SMILES string of the molecule is C[C@H](O)c1cccnc1N1CCCC(C)(C)C1. The molecule has 2 heterocycles. The molecule has 1 atom stereocenters. The van der Waals surface area contributed by atoms with E-state index in [9.17, 15) is 5.11 Å². The summed E-state index contributed by atoms with van der Waals surface area (Å²) in [6.07, 6.45) is 3.81. The second-order valence-electron chi connectivity index (χ2n) is 5.78. The summed E-state index contributed by atoms with van der Waals surface area (Å²) in [4.78, 5) is 6.77. The first-order valence-electron chi connectivity index (χ1n) is 6.37. The smallest absolute Gasteiger partial charge is 0.134 e. The van der Waals surface area contributed by atoms with Crippen LogP contribution in [0.1, 0.15) is 45.3 Å². The number of nitrogens with zero attached hydrogens (tertiary/aromatic N) is 2. The van der Waals surface area contributed by atoms with Crippen LogP contribution in [0.3, 0.4) is 0 Å². The molecule has 1 aliphatic heterocycles. The summed E-state index contributed by atoms with van der Waals surface area (Å²) in [5.41, 5.74) is 1.27. The van der Waals surface area contributed by atoms with Crippen LogP contribution < -0.4 is 4.90 Å². The maximum absolute atomic E-state index is 9.80. The number of hydrogen-bond donors (Lipinski definition) is 1. The average Bonchev–Trinajstić information content (AvgIpc) is 2.27. The van der Waals surface area contributed by atoms with Gasteiger partial charge in [-0.2, -0.15) is 0 Å². The van der Waals surface area contributed by atoms with Crippen LogP contribution in [0, 0.1) is 5.41 Å². The summed E-state index contributed by atoms with van der Waals surface area (Å²) >= 11 is 0. The number of rotatable bonds is 2. The standard InChI is InChI=1S/C14H22N2O/c1-11(17)12-6-4-8-15-13(12)16-9-5-7-14(2,3)10-16/h4,6,8,11,17H,5,7,9-10H2,1-3H3/t11-/m0/s1. The summed E-state index contributed by atoms with van der Waals surface area (Å²) in [5, 5.41) is 9.80. The van der Waals surface area contributed by atoms with Crippen LogP contribution in [-0.4, -0.2) is 23.2 Å². The lowest BCUT2D eigenvalue weighted by Gasteiger charge is -2.39. The van der Waals surface area contributed by atoms with Crippen LogP contribution in [0.4, 0.5) is 5.82 Å². The lowest BCUT2D eigenvalue weighted by molar-refractivity contribution is 0.198. The first-order valence-corrected chi connectivity index (χ1v) is 6.37. The van der Waals surface area contributed by atoms with E-state index in [1.54, 1.807) is 6.92 Å². The Hall–Kier alpha value is -1.09. The van der Waals surface area contributed by atoms with E-state index in [0.717, 1.165) is 24.5 Å². The van der Waals surface area contributed by atoms with Crippen LogP contribution >= 0.6 is 0 Å². The zero-order valence-corrected chi connectivity index (χ0v) is 11.0. The molecule has 0 spiro atoms. The van der Waals surface area contributed by atoms with Crippen LogP contribution in [0.2, 0.25) is 0 Å². The van der Waals surface area contributed by atoms with Gasteiger partial charge < -0.3 is 10.0 Å². The molecule has 1 N–H and O–H groups in total. The van der Waals surface area contributed by atoms with Gasteiger partial charge in [0.15, 0.2) is 0 Å². The van der Waals surface area contributed by atoms with Crippen molar-refractivity contribution in [2.24, 2.45) is 5.41 Å². The van der Waals surface area contributed by atoms with Gasteiger partial charge in [0.2, 0.25) is 0 Å². The molecule has 1 fully saturated rings. The van der Waals surface area contributed by atoms with Crippen LogP contribution in [0.25, 0.3) is 0 Å². The lowest BCUT2D eigenvalue weighted by atomic mass is 9.84. The average molecular weight is 234 g/mol. The molecule has 1 aromatic heterocycles. The van der Waals surface area contributed by atoms with E-state index in [0.29, 0.717) is 5.41 Å². The fourth-order valence-corrected chi connectivity index (χ4v) is 2.60. The third-order valence-electron chi connectivity index (χ3n) is 3.47. The molecule has 0 bridgehead atoms. The van der Waals surface area contributed by atoms with Crippen molar-refractivity contribution >= 4 is 5.82 Å². The number of piperidine rings is 1. The van der Waals surface area contributed by atoms with Crippen molar-refractivity contribution in [3.05, 3.63) is 23.9 Å². The van der Waals surface area contributed by atoms with Crippen molar-refractivity contribution in [3.8, 4) is 0 Å². The summed E-state index contributed by atoms with van der Waals surface area (Å²) in [6.45, 7) is 8.45. The number of aliphatic hydroxyl groups excluding tert-OH is 1. The Balaban J connectivity index is 2.27. The molecule has 0 radical (unpaired) electrons. The molecule has 0 aliphatic carbocycles. The monoisotopic (exact) mass is 234 g/mol. The van der Waals surface area contributed by atoms with Gasteiger partial charge >= 0.3 is 0 Å². The van der Waals surface area contributed by atoms with Gasteiger partial charge in [0, 0.05) is 24.8 Å². The Kier molecular flexibility index (Phi) is 3.38. The van der Waals surface area contributed by atoms with Gasteiger partial charge in [0.25, 0.3) is 0 Å². The first-order chi connectivity index (χ1) is 7.99. The maximum atomic E-state index is 9.80. The third kappa shape index (κ3) is 2.78. The maximum Gasteiger partial charge on any atom is 0.134 e. The van der Waals surface area contributed by atoms with E-state index in [1.807, 2.05) is 18.3 Å². The van der Waals surface area contributed by atoms with Gasteiger partial charge in [-0.3, -0.25) is 0 Å². The Morgan fingerprint density at radius 1 is 1.47 bits per heavy atom. The van der Waals surface area contributed by atoms with Crippen molar-refractivity contribution in [2.75, 3.05) is 18.0 Å². The molecular weight excluding hydrogens is 212 g/mol. The fourth-order valence-electron chi connectivity index (χ4n) is 2.60. The third-order valence-corrected chi connectivity index (χ3v) is 3.47. The van der Waals surface area contributed by atoms with E-state index >= 15 is 0 Å². The first kappa shape index (κ1) is 12.4. The summed E-state index contributed by atoms with van der Waals surface area (Å²) < 4.78 is 0. The highest BCUT2D eigenvalue weighted by atomic mass is 16.3. The van der Waals surface area contributed by atoms with Gasteiger partial charge in [0.1, 0.15) is 5.82 Å². The number of aromatic nitrogens is 1. The van der Waals surface area contributed by atoms with E-state index < -0.39 is 6.10 Å². The quantitative estimate of drug-likeness (QED) is 0.854. The number of pyridine rings is 1. The number of hydrogen-bond acceptors (Lipinski definition) is 3. The topological polar surface area (TPSA) is 36.4 Å². The lowest BCUT2D eigenvalue weighted by Crippen LogP contribution is -2.41. The van der Waals surface area contributed by atoms with Crippen LogP contribution in [-0.2, 0) is 0 Å². The van der Waals surface area contributed by atoms with Crippen molar-refractivity contribution in [1.29, 1.82) is 0 Å². The Bertz CT molecular complexity index is 388. The Labute approximate surface area is 103 Å². The van der Waals surface area contributed by atoms with Gasteiger partial charge in [-0.1, -0.05) is 19.9 Å². The minimum Gasteiger partial charge on any atom is -0.389 e. The van der Waals surface area contributed by atoms with Crippen molar-refractivity contribution in [1.82, 2.24) is 4.98 Å². The highest BCUT2D eigenvalue weighted by molar-refractivity contribution is 5.48. The molecule has 0 amide bonds. The predicted octanol–water partition coefficient (Wildman–Crippen LogP) is 2.76. The normalized spacial score (nSPS) is 21.3. The van der Waals surface area contributed by atoms with Crippen LogP contribution in [0.5, 0.6) is 0 Å². The number of aliphatic hydroxyl groups is 1.